The lowest BCUT2D eigenvalue weighted by Gasteiger charge is -2.35. The van der Waals surface area contributed by atoms with E-state index in [1.165, 1.54) is 6.20 Å². The van der Waals surface area contributed by atoms with Crippen LogP contribution in [0.1, 0.15) is 16.1 Å². The fourth-order valence-electron chi connectivity index (χ4n) is 1.90. The average molecular weight is 232 g/mol. The quantitative estimate of drug-likeness (QED) is 0.742. The molecule has 0 aliphatic carbocycles. The highest BCUT2D eigenvalue weighted by atomic mass is 16.3. The lowest BCUT2D eigenvalue weighted by molar-refractivity contribution is 0.00601. The third-order valence-electron chi connectivity index (χ3n) is 2.89. The van der Waals surface area contributed by atoms with Gasteiger partial charge in [0.2, 0.25) is 0 Å². The van der Waals surface area contributed by atoms with E-state index in [1.807, 2.05) is 13.0 Å². The number of amides is 1. The number of carbonyl (C=O) groups is 1. The molecular weight excluding hydrogens is 220 g/mol. The predicted octanol–water partition coefficient (Wildman–Crippen LogP) is -0.146. The highest BCUT2D eigenvalue weighted by Crippen LogP contribution is 2.16. The highest BCUT2D eigenvalue weighted by molar-refractivity contribution is 6.00. The van der Waals surface area contributed by atoms with E-state index in [-0.39, 0.29) is 5.91 Å². The van der Waals surface area contributed by atoms with Gasteiger partial charge in [-0.2, -0.15) is 5.10 Å². The third-order valence-corrected chi connectivity index (χ3v) is 2.89. The summed E-state index contributed by atoms with van der Waals surface area (Å²) in [5.41, 5.74) is 1.90. The number of aromatic nitrogens is 3. The van der Waals surface area contributed by atoms with E-state index in [9.17, 15) is 9.90 Å². The first-order valence-corrected chi connectivity index (χ1v) is 5.43. The number of aliphatic hydroxyl groups excluding tert-OH is 1. The van der Waals surface area contributed by atoms with Crippen LogP contribution in [-0.2, 0) is 0 Å². The zero-order valence-corrected chi connectivity index (χ0v) is 9.37. The molecular formula is C11H12N4O2. The number of nitrogens with zero attached hydrogens (tertiary/aromatic N) is 4. The zero-order chi connectivity index (χ0) is 12.0. The van der Waals surface area contributed by atoms with Gasteiger partial charge < -0.3 is 10.0 Å². The topological polar surface area (TPSA) is 70.7 Å². The normalized spacial score (nSPS) is 16.2. The van der Waals surface area contributed by atoms with Gasteiger partial charge in [0.25, 0.3) is 5.91 Å². The summed E-state index contributed by atoms with van der Waals surface area (Å²) in [6.45, 7) is 2.65. The minimum atomic E-state index is -0.393. The van der Waals surface area contributed by atoms with Gasteiger partial charge in [-0.3, -0.25) is 4.79 Å². The maximum absolute atomic E-state index is 12.1. The number of carbonyl (C=O) groups excluding carboxylic acids is 1. The van der Waals surface area contributed by atoms with Crippen molar-refractivity contribution in [2.24, 2.45) is 0 Å². The molecule has 0 unspecified atom stereocenters. The second kappa shape index (κ2) is 3.53. The van der Waals surface area contributed by atoms with Crippen LogP contribution in [0.15, 0.2) is 18.5 Å². The molecule has 2 aromatic heterocycles. The van der Waals surface area contributed by atoms with Crippen molar-refractivity contribution >= 4 is 11.6 Å². The van der Waals surface area contributed by atoms with Gasteiger partial charge in [-0.05, 0) is 13.0 Å². The monoisotopic (exact) mass is 232 g/mol. The fraction of sp³-hybridized carbons (Fsp3) is 0.364. The van der Waals surface area contributed by atoms with E-state index in [4.69, 9.17) is 0 Å². The number of rotatable bonds is 1. The average Bonchev–Trinajstić information content (AvgIpc) is 2.66. The van der Waals surface area contributed by atoms with Crippen LogP contribution in [0.25, 0.3) is 5.65 Å². The molecule has 3 heterocycles. The van der Waals surface area contributed by atoms with E-state index < -0.39 is 6.10 Å². The van der Waals surface area contributed by atoms with Gasteiger partial charge in [0.1, 0.15) is 5.56 Å². The molecule has 6 nitrogen and oxygen atoms in total. The summed E-state index contributed by atoms with van der Waals surface area (Å²) >= 11 is 0. The molecule has 0 radical (unpaired) electrons. The van der Waals surface area contributed by atoms with Gasteiger partial charge in [0, 0.05) is 25.0 Å². The van der Waals surface area contributed by atoms with Gasteiger partial charge in [-0.1, -0.05) is 0 Å². The molecule has 0 aromatic carbocycles. The second-order valence-electron chi connectivity index (χ2n) is 4.26. The molecule has 88 valence electrons. The van der Waals surface area contributed by atoms with Gasteiger partial charge in [0.05, 0.1) is 12.3 Å². The van der Waals surface area contributed by atoms with Gasteiger partial charge in [-0.25, -0.2) is 9.50 Å². The maximum Gasteiger partial charge on any atom is 0.259 e. The van der Waals surface area contributed by atoms with Crippen molar-refractivity contribution in [3.8, 4) is 0 Å². The number of hydrogen-bond donors (Lipinski definition) is 1. The molecule has 1 fully saturated rings. The Morgan fingerprint density at radius 1 is 1.53 bits per heavy atom. The van der Waals surface area contributed by atoms with Gasteiger partial charge in [-0.15, -0.1) is 0 Å². The summed E-state index contributed by atoms with van der Waals surface area (Å²) in [5, 5.41) is 13.3. The molecule has 0 spiro atoms. The van der Waals surface area contributed by atoms with Crippen LogP contribution in [0.2, 0.25) is 0 Å². The third kappa shape index (κ3) is 1.57. The van der Waals surface area contributed by atoms with Crippen LogP contribution in [-0.4, -0.2) is 49.7 Å². The van der Waals surface area contributed by atoms with Crippen molar-refractivity contribution in [1.82, 2.24) is 19.5 Å². The highest BCUT2D eigenvalue weighted by Gasteiger charge is 2.31. The van der Waals surface area contributed by atoms with Gasteiger partial charge >= 0.3 is 0 Å². The Kier molecular flexibility index (Phi) is 2.12. The van der Waals surface area contributed by atoms with E-state index in [2.05, 4.69) is 10.1 Å². The van der Waals surface area contributed by atoms with Crippen molar-refractivity contribution in [2.75, 3.05) is 13.1 Å². The Balaban J connectivity index is 2.00. The molecule has 1 saturated heterocycles. The molecule has 1 amide bonds. The molecule has 1 aliphatic heterocycles. The second-order valence-corrected chi connectivity index (χ2v) is 4.26. The van der Waals surface area contributed by atoms with E-state index in [1.54, 1.807) is 15.6 Å². The van der Waals surface area contributed by atoms with Crippen molar-refractivity contribution in [3.63, 3.8) is 0 Å². The molecule has 0 bridgehead atoms. The summed E-state index contributed by atoms with van der Waals surface area (Å²) in [5.74, 6) is -0.122. The number of β-amino-alcohol motifs (C(OH)–C–C–N with tert-alkyl or cyclic N) is 1. The zero-order valence-electron chi connectivity index (χ0n) is 9.37. The number of aliphatic hydroxyl groups is 1. The summed E-state index contributed by atoms with van der Waals surface area (Å²) in [6, 6.07) is 1.83. The molecule has 0 saturated carbocycles. The minimum absolute atomic E-state index is 0.122. The molecule has 1 N–H and O–H groups in total. The standard InChI is InChI=1S/C11H12N4O2/c1-7-2-3-15-10(13-7)9(4-12-15)11(17)14-5-8(16)6-14/h2-4,8,16H,5-6H2,1H3. The largest absolute Gasteiger partial charge is 0.389 e. The lowest BCUT2D eigenvalue weighted by Crippen LogP contribution is -2.53. The summed E-state index contributed by atoms with van der Waals surface area (Å²) in [7, 11) is 0. The van der Waals surface area contributed by atoms with Gasteiger partial charge in [0.15, 0.2) is 5.65 Å². The van der Waals surface area contributed by atoms with Crippen molar-refractivity contribution in [2.45, 2.75) is 13.0 Å². The van der Waals surface area contributed by atoms with Crippen LogP contribution in [0.3, 0.4) is 0 Å². The summed E-state index contributed by atoms with van der Waals surface area (Å²) < 4.78 is 1.58. The Labute approximate surface area is 97.5 Å². The van der Waals surface area contributed by atoms with E-state index in [0.29, 0.717) is 24.3 Å². The first-order valence-electron chi connectivity index (χ1n) is 5.43. The summed E-state index contributed by atoms with van der Waals surface area (Å²) in [6.07, 6.45) is 2.91. The van der Waals surface area contributed by atoms with E-state index >= 15 is 0 Å². The van der Waals surface area contributed by atoms with Crippen LogP contribution >= 0.6 is 0 Å². The molecule has 6 heteroatoms. The maximum atomic E-state index is 12.1. The van der Waals surface area contributed by atoms with Crippen molar-refractivity contribution in [1.29, 1.82) is 0 Å². The summed E-state index contributed by atoms with van der Waals surface area (Å²) in [4.78, 5) is 18.0. The van der Waals surface area contributed by atoms with Crippen LogP contribution in [0, 0.1) is 6.92 Å². The van der Waals surface area contributed by atoms with Crippen LogP contribution < -0.4 is 0 Å². The number of aryl methyl sites for hydroxylation is 1. The van der Waals surface area contributed by atoms with Crippen LogP contribution in [0.4, 0.5) is 0 Å². The molecule has 1 aliphatic rings. The smallest absolute Gasteiger partial charge is 0.259 e. The van der Waals surface area contributed by atoms with Crippen molar-refractivity contribution < 1.29 is 9.90 Å². The Hall–Kier alpha value is -1.95. The molecule has 17 heavy (non-hydrogen) atoms. The first kappa shape index (κ1) is 10.2. The lowest BCUT2D eigenvalue weighted by atomic mass is 10.1. The Morgan fingerprint density at radius 2 is 2.29 bits per heavy atom. The first-order chi connectivity index (χ1) is 8.15. The molecule has 3 rings (SSSR count). The molecule has 2 aromatic rings. The number of hydrogen-bond acceptors (Lipinski definition) is 4. The fourth-order valence-corrected chi connectivity index (χ4v) is 1.90. The predicted molar refractivity (Wildman–Crippen MR) is 59.6 cm³/mol. The minimum Gasteiger partial charge on any atom is -0.389 e. The molecule has 0 atom stereocenters. The Morgan fingerprint density at radius 3 is 3.00 bits per heavy atom. The SMILES string of the molecule is Cc1ccn2ncc(C(=O)N3CC(O)C3)c2n1. The number of fused-ring (bicyclic) bond motifs is 1. The van der Waals surface area contributed by atoms with Crippen molar-refractivity contribution in [3.05, 3.63) is 29.7 Å². The Bertz CT molecular complexity index is 586. The van der Waals surface area contributed by atoms with Crippen LogP contribution in [0.5, 0.6) is 0 Å². The number of likely N-dealkylation sites (tertiary alicyclic amines) is 1. The van der Waals surface area contributed by atoms with E-state index in [0.717, 1.165) is 5.69 Å².